The van der Waals surface area contributed by atoms with Crippen LogP contribution in [-0.4, -0.2) is 66.5 Å². The van der Waals surface area contributed by atoms with Crippen molar-refractivity contribution in [1.82, 2.24) is 14.9 Å². The first-order valence-corrected chi connectivity index (χ1v) is 11.4. The van der Waals surface area contributed by atoms with Gasteiger partial charge in [-0.2, -0.15) is 4.98 Å². The SMILES string of the molecule is CCOC(=O)N1CCC(CN(C)c2nc(N)c3cc(O)c(OC)cc3n2)(c2ccccc2)CC1. The summed E-state index contributed by atoms with van der Waals surface area (Å²) in [5, 5.41) is 10.7. The summed E-state index contributed by atoms with van der Waals surface area (Å²) in [6.45, 7) is 4.05. The molecule has 9 heteroatoms. The number of phenolic OH excluding ortho intramolecular Hbond substituents is 1. The fraction of sp³-hybridized carbons (Fsp3) is 0.400. The van der Waals surface area contributed by atoms with Gasteiger partial charge in [0.25, 0.3) is 0 Å². The van der Waals surface area contributed by atoms with E-state index in [2.05, 4.69) is 17.1 Å². The molecule has 4 rings (SSSR count). The van der Waals surface area contributed by atoms with E-state index < -0.39 is 0 Å². The Morgan fingerprint density at radius 1 is 1.21 bits per heavy atom. The van der Waals surface area contributed by atoms with Crippen molar-refractivity contribution in [3.8, 4) is 11.5 Å². The Labute approximate surface area is 199 Å². The number of hydrogen-bond acceptors (Lipinski definition) is 8. The summed E-state index contributed by atoms with van der Waals surface area (Å²) in [5.41, 5.74) is 7.84. The minimum absolute atomic E-state index is 0.0113. The van der Waals surface area contributed by atoms with E-state index in [9.17, 15) is 9.90 Å². The Balaban J connectivity index is 1.64. The molecule has 1 aliphatic heterocycles. The number of hydrogen-bond donors (Lipinski definition) is 2. The maximum absolute atomic E-state index is 12.3. The molecule has 1 aromatic heterocycles. The van der Waals surface area contributed by atoms with Crippen LogP contribution in [0.25, 0.3) is 10.9 Å². The molecular formula is C25H31N5O4. The van der Waals surface area contributed by atoms with Crippen molar-refractivity contribution >= 4 is 28.8 Å². The summed E-state index contributed by atoms with van der Waals surface area (Å²) < 4.78 is 10.4. The first-order chi connectivity index (χ1) is 16.4. The van der Waals surface area contributed by atoms with E-state index in [0.717, 1.165) is 12.8 Å². The topological polar surface area (TPSA) is 114 Å². The minimum atomic E-state index is -0.264. The van der Waals surface area contributed by atoms with Gasteiger partial charge in [-0.25, -0.2) is 9.78 Å². The van der Waals surface area contributed by atoms with Crippen LogP contribution in [0.5, 0.6) is 11.5 Å². The fourth-order valence-electron chi connectivity index (χ4n) is 4.68. The van der Waals surface area contributed by atoms with Gasteiger partial charge in [-0.15, -0.1) is 0 Å². The van der Waals surface area contributed by atoms with E-state index in [-0.39, 0.29) is 23.1 Å². The van der Waals surface area contributed by atoms with Crippen LogP contribution in [-0.2, 0) is 10.2 Å². The summed E-state index contributed by atoms with van der Waals surface area (Å²) in [6, 6.07) is 13.5. The number of phenols is 1. The molecule has 1 amide bonds. The third kappa shape index (κ3) is 4.50. The van der Waals surface area contributed by atoms with Crippen molar-refractivity contribution in [2.24, 2.45) is 0 Å². The quantitative estimate of drug-likeness (QED) is 0.568. The van der Waals surface area contributed by atoms with Crippen LogP contribution < -0.4 is 15.4 Å². The molecule has 0 bridgehead atoms. The second-order valence-corrected chi connectivity index (χ2v) is 8.64. The van der Waals surface area contributed by atoms with E-state index in [1.54, 1.807) is 11.0 Å². The number of aromatic nitrogens is 2. The molecule has 1 aliphatic rings. The lowest BCUT2D eigenvalue weighted by Gasteiger charge is -2.43. The number of fused-ring (bicyclic) bond motifs is 1. The molecular weight excluding hydrogens is 434 g/mol. The summed E-state index contributed by atoms with van der Waals surface area (Å²) in [7, 11) is 3.44. The van der Waals surface area contributed by atoms with Crippen molar-refractivity contribution in [3.63, 3.8) is 0 Å². The second kappa shape index (κ2) is 9.62. The van der Waals surface area contributed by atoms with Gasteiger partial charge >= 0.3 is 6.09 Å². The summed E-state index contributed by atoms with van der Waals surface area (Å²) in [5.74, 6) is 1.09. The molecule has 0 radical (unpaired) electrons. The molecule has 2 heterocycles. The molecule has 0 saturated carbocycles. The van der Waals surface area contributed by atoms with Crippen molar-refractivity contribution in [2.75, 3.05) is 51.0 Å². The first-order valence-electron chi connectivity index (χ1n) is 11.4. The average Bonchev–Trinajstić information content (AvgIpc) is 2.85. The van der Waals surface area contributed by atoms with E-state index >= 15 is 0 Å². The standard InChI is InChI=1S/C25H31N5O4/c1-4-34-24(32)30-12-10-25(11-13-30,17-8-6-5-7-9-17)16-29(2)23-27-19-15-21(33-3)20(31)14-18(19)22(26)28-23/h5-9,14-15,31H,4,10-13,16H2,1-3H3,(H2,26,27,28). The van der Waals surface area contributed by atoms with E-state index in [1.807, 2.05) is 37.1 Å². The Morgan fingerprint density at radius 2 is 1.91 bits per heavy atom. The predicted molar refractivity (Wildman–Crippen MR) is 131 cm³/mol. The van der Waals surface area contributed by atoms with Gasteiger partial charge in [0.2, 0.25) is 5.95 Å². The lowest BCUT2D eigenvalue weighted by molar-refractivity contribution is 0.0869. The molecule has 0 aliphatic carbocycles. The number of nitrogens with two attached hydrogens (primary N) is 1. The zero-order valence-electron chi connectivity index (χ0n) is 19.8. The number of piperidine rings is 1. The van der Waals surface area contributed by atoms with Gasteiger partial charge in [-0.1, -0.05) is 30.3 Å². The number of ether oxygens (including phenoxy) is 2. The number of carbonyl (C=O) groups excluding carboxylic acids is 1. The number of nitrogens with zero attached hydrogens (tertiary/aromatic N) is 4. The van der Waals surface area contributed by atoms with Crippen molar-refractivity contribution in [2.45, 2.75) is 25.2 Å². The number of amides is 1. The van der Waals surface area contributed by atoms with Crippen molar-refractivity contribution in [1.29, 1.82) is 0 Å². The molecule has 1 saturated heterocycles. The van der Waals surface area contributed by atoms with Gasteiger partial charge in [0.15, 0.2) is 11.5 Å². The lowest BCUT2D eigenvalue weighted by Crippen LogP contribution is -2.50. The number of methoxy groups -OCH3 is 1. The maximum Gasteiger partial charge on any atom is 0.409 e. The Bertz CT molecular complexity index is 1160. The molecule has 3 N–H and O–H groups in total. The normalized spacial score (nSPS) is 15.2. The number of rotatable bonds is 6. The van der Waals surface area contributed by atoms with Crippen LogP contribution in [0, 0.1) is 0 Å². The second-order valence-electron chi connectivity index (χ2n) is 8.64. The zero-order valence-corrected chi connectivity index (χ0v) is 19.8. The largest absolute Gasteiger partial charge is 0.504 e. The number of anilines is 2. The summed E-state index contributed by atoms with van der Waals surface area (Å²) in [4.78, 5) is 25.2. The molecule has 9 nitrogen and oxygen atoms in total. The van der Waals surface area contributed by atoms with E-state index in [4.69, 9.17) is 20.2 Å². The molecule has 0 spiro atoms. The minimum Gasteiger partial charge on any atom is -0.504 e. The summed E-state index contributed by atoms with van der Waals surface area (Å²) in [6.07, 6.45) is 1.30. The number of likely N-dealkylation sites (tertiary alicyclic amines) is 1. The highest BCUT2D eigenvalue weighted by Gasteiger charge is 2.39. The molecule has 2 aromatic carbocycles. The van der Waals surface area contributed by atoms with Gasteiger partial charge in [0, 0.05) is 43.5 Å². The zero-order chi connectivity index (χ0) is 24.3. The number of nitrogen functional groups attached to an aromatic ring is 1. The summed E-state index contributed by atoms with van der Waals surface area (Å²) >= 11 is 0. The van der Waals surface area contributed by atoms with Gasteiger partial charge < -0.3 is 30.1 Å². The average molecular weight is 466 g/mol. The molecule has 0 unspecified atom stereocenters. The highest BCUT2D eigenvalue weighted by atomic mass is 16.6. The van der Waals surface area contributed by atoms with Crippen LogP contribution in [0.15, 0.2) is 42.5 Å². The smallest absolute Gasteiger partial charge is 0.409 e. The van der Waals surface area contributed by atoms with Gasteiger partial charge in [-0.3, -0.25) is 0 Å². The van der Waals surface area contributed by atoms with Crippen LogP contribution in [0.2, 0.25) is 0 Å². The van der Waals surface area contributed by atoms with Crippen LogP contribution in [0.1, 0.15) is 25.3 Å². The highest BCUT2D eigenvalue weighted by molar-refractivity contribution is 5.91. The number of carbonyl (C=O) groups is 1. The third-order valence-corrected chi connectivity index (χ3v) is 6.53. The Hall–Kier alpha value is -3.75. The fourth-order valence-corrected chi connectivity index (χ4v) is 4.68. The molecule has 1 fully saturated rings. The van der Waals surface area contributed by atoms with Crippen LogP contribution >= 0.6 is 0 Å². The molecule has 34 heavy (non-hydrogen) atoms. The van der Waals surface area contributed by atoms with E-state index in [0.29, 0.717) is 48.8 Å². The third-order valence-electron chi connectivity index (χ3n) is 6.53. The molecule has 0 atom stereocenters. The van der Waals surface area contributed by atoms with Gasteiger partial charge in [0.05, 0.1) is 19.2 Å². The van der Waals surface area contributed by atoms with Crippen molar-refractivity contribution < 1.29 is 19.4 Å². The maximum atomic E-state index is 12.3. The van der Waals surface area contributed by atoms with Crippen molar-refractivity contribution in [3.05, 3.63) is 48.0 Å². The van der Waals surface area contributed by atoms with Gasteiger partial charge in [-0.05, 0) is 31.4 Å². The predicted octanol–water partition coefficient (Wildman–Crippen LogP) is 3.55. The molecule has 3 aromatic rings. The van der Waals surface area contributed by atoms with Gasteiger partial charge in [0.1, 0.15) is 5.82 Å². The highest BCUT2D eigenvalue weighted by Crippen LogP contribution is 2.38. The van der Waals surface area contributed by atoms with Crippen LogP contribution in [0.3, 0.4) is 0 Å². The van der Waals surface area contributed by atoms with Crippen LogP contribution in [0.4, 0.5) is 16.6 Å². The van der Waals surface area contributed by atoms with E-state index in [1.165, 1.54) is 18.7 Å². The monoisotopic (exact) mass is 465 g/mol. The number of benzene rings is 2. The number of likely N-dealkylation sites (N-methyl/N-ethyl adjacent to an activating group) is 1. The Kier molecular flexibility index (Phi) is 6.63. The lowest BCUT2D eigenvalue weighted by atomic mass is 9.72. The number of aromatic hydroxyl groups is 1. The Morgan fingerprint density at radius 3 is 2.56 bits per heavy atom. The first kappa shape index (κ1) is 23.4. The molecule has 180 valence electrons.